The fourth-order valence-corrected chi connectivity index (χ4v) is 4.44. The van der Waals surface area contributed by atoms with Crippen molar-refractivity contribution in [2.24, 2.45) is 11.1 Å². The molecule has 2 aromatic heterocycles. The van der Waals surface area contributed by atoms with E-state index in [1.165, 1.54) is 6.33 Å². The van der Waals surface area contributed by atoms with Crippen LogP contribution >= 0.6 is 0 Å². The second-order valence-electron chi connectivity index (χ2n) is 7.69. The van der Waals surface area contributed by atoms with Gasteiger partial charge in [0.2, 0.25) is 0 Å². The van der Waals surface area contributed by atoms with Gasteiger partial charge in [0.05, 0.1) is 18.1 Å². The molecule has 4 atom stereocenters. The van der Waals surface area contributed by atoms with Crippen molar-refractivity contribution in [2.75, 3.05) is 11.9 Å². The standard InChI is InChI=1S/C20H25N5O4S/c1-13(14-5-3-2-4-6-14)24-19-17-7-8-25(20(17)23-12-22-19)16-9-15(18(26)10-16)11-29-30(21,27)28/h2-8,12-13,15-16,18,26H,9-11H2,1H3,(H2,21,27,28)(H,22,23,24)/t13-,15+,16-,18+/m1/s1. The summed E-state index contributed by atoms with van der Waals surface area (Å²) in [5, 5.41) is 19.6. The molecule has 30 heavy (non-hydrogen) atoms. The number of nitrogens with one attached hydrogen (secondary N) is 1. The highest BCUT2D eigenvalue weighted by Crippen LogP contribution is 2.38. The highest BCUT2D eigenvalue weighted by atomic mass is 32.2. The van der Waals surface area contributed by atoms with Gasteiger partial charge in [-0.3, -0.25) is 4.18 Å². The molecule has 1 aromatic carbocycles. The third-order valence-electron chi connectivity index (χ3n) is 5.63. The molecule has 160 valence electrons. The quantitative estimate of drug-likeness (QED) is 0.522. The van der Waals surface area contributed by atoms with Crippen molar-refractivity contribution in [3.8, 4) is 0 Å². The molecule has 0 aliphatic heterocycles. The van der Waals surface area contributed by atoms with Gasteiger partial charge < -0.3 is 15.0 Å². The van der Waals surface area contributed by atoms with Crippen molar-refractivity contribution in [2.45, 2.75) is 38.0 Å². The zero-order valence-electron chi connectivity index (χ0n) is 16.5. The first-order valence-electron chi connectivity index (χ1n) is 9.80. The number of benzene rings is 1. The summed E-state index contributed by atoms with van der Waals surface area (Å²) >= 11 is 0. The van der Waals surface area contributed by atoms with Crippen LogP contribution in [0.1, 0.15) is 37.4 Å². The fraction of sp³-hybridized carbons (Fsp3) is 0.400. The smallest absolute Gasteiger partial charge is 0.333 e. The zero-order chi connectivity index (χ0) is 21.3. The van der Waals surface area contributed by atoms with Crippen molar-refractivity contribution in [3.63, 3.8) is 0 Å². The maximum absolute atomic E-state index is 11.1. The van der Waals surface area contributed by atoms with E-state index in [2.05, 4.69) is 38.5 Å². The number of aliphatic hydroxyl groups is 1. The zero-order valence-corrected chi connectivity index (χ0v) is 17.4. The van der Waals surface area contributed by atoms with Crippen molar-refractivity contribution < 1.29 is 17.7 Å². The Hall–Kier alpha value is -2.53. The summed E-state index contributed by atoms with van der Waals surface area (Å²) < 4.78 is 28.8. The number of aliphatic hydroxyl groups excluding tert-OH is 1. The van der Waals surface area contributed by atoms with Crippen LogP contribution < -0.4 is 10.5 Å². The lowest BCUT2D eigenvalue weighted by molar-refractivity contribution is 0.100. The number of nitrogens with two attached hydrogens (primary N) is 1. The first-order valence-corrected chi connectivity index (χ1v) is 11.3. The lowest BCUT2D eigenvalue weighted by Gasteiger charge is -2.16. The van der Waals surface area contributed by atoms with Crippen LogP contribution in [0.4, 0.5) is 5.82 Å². The Kier molecular flexibility index (Phi) is 5.74. The molecule has 0 amide bonds. The average Bonchev–Trinajstić information content (AvgIpc) is 3.30. The lowest BCUT2D eigenvalue weighted by Crippen LogP contribution is -2.24. The SMILES string of the molecule is C[C@@H](Nc1ncnc2c1ccn2[C@@H]1C[C@@H](COS(N)(=O)=O)[C@@H](O)C1)c1ccccc1. The van der Waals surface area contributed by atoms with Gasteiger partial charge >= 0.3 is 10.3 Å². The van der Waals surface area contributed by atoms with Crippen LogP contribution in [0.15, 0.2) is 48.9 Å². The number of rotatable bonds is 7. The van der Waals surface area contributed by atoms with E-state index >= 15 is 0 Å². The van der Waals surface area contributed by atoms with E-state index in [0.29, 0.717) is 12.8 Å². The Balaban J connectivity index is 1.53. The number of fused-ring (bicyclic) bond motifs is 1. The maximum Gasteiger partial charge on any atom is 0.333 e. The minimum atomic E-state index is -4.03. The second kappa shape index (κ2) is 8.31. The molecule has 1 saturated carbocycles. The molecule has 1 aliphatic carbocycles. The number of aromatic nitrogens is 3. The molecule has 0 spiro atoms. The van der Waals surface area contributed by atoms with Gasteiger partial charge in [0, 0.05) is 24.2 Å². The fourth-order valence-electron chi connectivity index (χ4n) is 4.07. The minimum absolute atomic E-state index is 0.0270. The molecular formula is C20H25N5O4S. The topological polar surface area (TPSA) is 132 Å². The monoisotopic (exact) mass is 431 g/mol. The van der Waals surface area contributed by atoms with Crippen LogP contribution in [0.3, 0.4) is 0 Å². The predicted octanol–water partition coefficient (Wildman–Crippen LogP) is 2.14. The van der Waals surface area contributed by atoms with Crippen LogP contribution in [0.5, 0.6) is 0 Å². The van der Waals surface area contributed by atoms with Gasteiger partial charge in [-0.2, -0.15) is 8.42 Å². The van der Waals surface area contributed by atoms with Crippen molar-refractivity contribution >= 4 is 27.2 Å². The van der Waals surface area contributed by atoms with Crippen molar-refractivity contribution in [3.05, 3.63) is 54.5 Å². The largest absolute Gasteiger partial charge is 0.393 e. The van der Waals surface area contributed by atoms with Crippen molar-refractivity contribution in [1.29, 1.82) is 0 Å². The van der Waals surface area contributed by atoms with Gasteiger partial charge in [0.25, 0.3) is 0 Å². The lowest BCUT2D eigenvalue weighted by atomic mass is 10.1. The molecule has 4 rings (SSSR count). The summed E-state index contributed by atoms with van der Waals surface area (Å²) in [6, 6.07) is 12.1. The van der Waals surface area contributed by atoms with E-state index in [1.807, 2.05) is 35.0 Å². The van der Waals surface area contributed by atoms with Crippen LogP contribution in [-0.4, -0.2) is 40.8 Å². The Labute approximate surface area is 175 Å². The average molecular weight is 432 g/mol. The number of hydrogen-bond donors (Lipinski definition) is 3. The summed E-state index contributed by atoms with van der Waals surface area (Å²) in [7, 11) is -4.03. The molecule has 0 bridgehead atoms. The van der Waals surface area contributed by atoms with Crippen molar-refractivity contribution in [1.82, 2.24) is 14.5 Å². The van der Waals surface area contributed by atoms with Crippen LogP contribution in [0.25, 0.3) is 11.0 Å². The number of hydrogen-bond acceptors (Lipinski definition) is 7. The third-order valence-corrected chi connectivity index (χ3v) is 6.10. The minimum Gasteiger partial charge on any atom is -0.393 e. The van der Waals surface area contributed by atoms with E-state index in [0.717, 1.165) is 22.4 Å². The molecule has 0 unspecified atom stereocenters. The summed E-state index contributed by atoms with van der Waals surface area (Å²) in [5.74, 6) is 0.422. The molecule has 2 heterocycles. The molecule has 9 nitrogen and oxygen atoms in total. The van der Waals surface area contributed by atoms with E-state index in [-0.39, 0.29) is 24.6 Å². The van der Waals surface area contributed by atoms with E-state index in [4.69, 9.17) is 5.14 Å². The first kappa shape index (κ1) is 20.7. The number of anilines is 1. The number of nitrogens with zero attached hydrogens (tertiary/aromatic N) is 3. The van der Waals surface area contributed by atoms with Gasteiger partial charge in [0.15, 0.2) is 0 Å². The van der Waals surface area contributed by atoms with Gasteiger partial charge in [0.1, 0.15) is 17.8 Å². The molecule has 1 fully saturated rings. The predicted molar refractivity (Wildman–Crippen MR) is 113 cm³/mol. The second-order valence-corrected chi connectivity index (χ2v) is 8.91. The Morgan fingerprint density at radius 1 is 1.27 bits per heavy atom. The van der Waals surface area contributed by atoms with Gasteiger partial charge in [-0.25, -0.2) is 15.1 Å². The molecule has 0 radical (unpaired) electrons. The van der Waals surface area contributed by atoms with E-state index in [1.54, 1.807) is 0 Å². The van der Waals surface area contributed by atoms with Gasteiger partial charge in [-0.05, 0) is 31.4 Å². The Morgan fingerprint density at radius 2 is 2.03 bits per heavy atom. The van der Waals surface area contributed by atoms with Gasteiger partial charge in [-0.1, -0.05) is 30.3 Å². The van der Waals surface area contributed by atoms with E-state index < -0.39 is 16.4 Å². The Bertz CT molecular complexity index is 1120. The first-order chi connectivity index (χ1) is 14.3. The van der Waals surface area contributed by atoms with Crippen LogP contribution in [0.2, 0.25) is 0 Å². The van der Waals surface area contributed by atoms with E-state index in [9.17, 15) is 13.5 Å². The molecule has 0 saturated heterocycles. The molecule has 4 N–H and O–H groups in total. The van der Waals surface area contributed by atoms with Gasteiger partial charge in [-0.15, -0.1) is 0 Å². The molecule has 10 heteroatoms. The normalized spacial score (nSPS) is 23.0. The van der Waals surface area contributed by atoms with Crippen LogP contribution in [0, 0.1) is 5.92 Å². The maximum atomic E-state index is 11.1. The molecular weight excluding hydrogens is 406 g/mol. The van der Waals surface area contributed by atoms with Crippen LogP contribution in [-0.2, 0) is 14.5 Å². The summed E-state index contributed by atoms with van der Waals surface area (Å²) in [6.07, 6.45) is 3.82. The summed E-state index contributed by atoms with van der Waals surface area (Å²) in [5.41, 5.74) is 1.92. The summed E-state index contributed by atoms with van der Waals surface area (Å²) in [6.45, 7) is 1.94. The highest BCUT2D eigenvalue weighted by Gasteiger charge is 2.35. The third kappa shape index (κ3) is 4.46. The highest BCUT2D eigenvalue weighted by molar-refractivity contribution is 7.84. The summed E-state index contributed by atoms with van der Waals surface area (Å²) in [4.78, 5) is 8.86. The molecule has 3 aromatic rings. The molecule has 1 aliphatic rings. The Morgan fingerprint density at radius 3 is 2.77 bits per heavy atom.